The lowest BCUT2D eigenvalue weighted by atomic mass is 9.96. The van der Waals surface area contributed by atoms with E-state index in [9.17, 15) is 0 Å². The van der Waals surface area contributed by atoms with Crippen LogP contribution in [0.1, 0.15) is 24.5 Å². The summed E-state index contributed by atoms with van der Waals surface area (Å²) in [5, 5.41) is 7.60. The predicted molar refractivity (Wildman–Crippen MR) is 64.4 cm³/mol. The average molecular weight is 232 g/mol. The SMILES string of the molecule is COc1cc(C2CCCNC2)nc2ccnn12. The summed E-state index contributed by atoms with van der Waals surface area (Å²) >= 11 is 0. The Kier molecular flexibility index (Phi) is 2.68. The van der Waals surface area contributed by atoms with Crippen LogP contribution in [0.4, 0.5) is 0 Å². The normalized spacial score (nSPS) is 20.6. The smallest absolute Gasteiger partial charge is 0.217 e. The molecule has 1 atom stereocenters. The first-order chi connectivity index (χ1) is 8.38. The van der Waals surface area contributed by atoms with Gasteiger partial charge in [0.2, 0.25) is 5.88 Å². The van der Waals surface area contributed by atoms with Gasteiger partial charge < -0.3 is 10.1 Å². The van der Waals surface area contributed by atoms with E-state index in [2.05, 4.69) is 15.4 Å². The third-order valence-electron chi connectivity index (χ3n) is 3.27. The molecule has 1 N–H and O–H groups in total. The molecule has 1 aliphatic heterocycles. The number of nitrogens with zero attached hydrogens (tertiary/aromatic N) is 3. The van der Waals surface area contributed by atoms with Gasteiger partial charge in [-0.25, -0.2) is 4.98 Å². The molecule has 17 heavy (non-hydrogen) atoms. The first-order valence-corrected chi connectivity index (χ1v) is 5.98. The van der Waals surface area contributed by atoms with Crippen LogP contribution >= 0.6 is 0 Å². The molecule has 2 aromatic rings. The van der Waals surface area contributed by atoms with Gasteiger partial charge in [-0.1, -0.05) is 0 Å². The molecule has 0 aromatic carbocycles. The Bertz CT molecular complexity index is 516. The standard InChI is InChI=1S/C12H16N4O/c1-17-12-7-10(9-3-2-5-13-8-9)15-11-4-6-14-16(11)12/h4,6-7,9,13H,2-3,5,8H2,1H3. The van der Waals surface area contributed by atoms with Crippen LogP contribution in [0.15, 0.2) is 18.3 Å². The van der Waals surface area contributed by atoms with Crippen molar-refractivity contribution in [2.45, 2.75) is 18.8 Å². The van der Waals surface area contributed by atoms with E-state index in [-0.39, 0.29) is 0 Å². The second-order valence-electron chi connectivity index (χ2n) is 4.37. The minimum atomic E-state index is 0.484. The molecule has 0 aliphatic carbocycles. The maximum atomic E-state index is 5.36. The fraction of sp³-hybridized carbons (Fsp3) is 0.500. The van der Waals surface area contributed by atoms with Crippen molar-refractivity contribution in [2.24, 2.45) is 0 Å². The summed E-state index contributed by atoms with van der Waals surface area (Å²) in [6.45, 7) is 2.11. The first-order valence-electron chi connectivity index (χ1n) is 5.98. The number of piperidine rings is 1. The molecule has 1 unspecified atom stereocenters. The van der Waals surface area contributed by atoms with Crippen molar-refractivity contribution in [3.8, 4) is 5.88 Å². The summed E-state index contributed by atoms with van der Waals surface area (Å²) in [4.78, 5) is 4.65. The lowest BCUT2D eigenvalue weighted by Gasteiger charge is -2.22. The topological polar surface area (TPSA) is 51.5 Å². The molecular formula is C12H16N4O. The Hall–Kier alpha value is -1.62. The fourth-order valence-electron chi connectivity index (χ4n) is 2.36. The third kappa shape index (κ3) is 1.86. The molecule has 1 aliphatic rings. The Labute approximate surface area is 99.8 Å². The zero-order valence-corrected chi connectivity index (χ0v) is 9.89. The van der Waals surface area contributed by atoms with Crippen LogP contribution in [0.2, 0.25) is 0 Å². The van der Waals surface area contributed by atoms with Crippen molar-refractivity contribution in [1.29, 1.82) is 0 Å². The number of rotatable bonds is 2. The lowest BCUT2D eigenvalue weighted by molar-refractivity contribution is 0.381. The van der Waals surface area contributed by atoms with Crippen LogP contribution < -0.4 is 10.1 Å². The van der Waals surface area contributed by atoms with E-state index in [1.165, 1.54) is 12.8 Å². The van der Waals surface area contributed by atoms with Crippen LogP contribution in [0, 0.1) is 0 Å². The number of methoxy groups -OCH3 is 1. The van der Waals surface area contributed by atoms with Gasteiger partial charge in [-0.05, 0) is 19.4 Å². The average Bonchev–Trinajstić information content (AvgIpc) is 2.86. The van der Waals surface area contributed by atoms with Gasteiger partial charge in [0.1, 0.15) is 0 Å². The molecule has 0 bridgehead atoms. The summed E-state index contributed by atoms with van der Waals surface area (Å²) < 4.78 is 7.08. The van der Waals surface area contributed by atoms with Gasteiger partial charge >= 0.3 is 0 Å². The van der Waals surface area contributed by atoms with Gasteiger partial charge in [-0.3, -0.25) is 0 Å². The summed E-state index contributed by atoms with van der Waals surface area (Å²) in [7, 11) is 1.67. The highest BCUT2D eigenvalue weighted by Crippen LogP contribution is 2.25. The van der Waals surface area contributed by atoms with Crippen LogP contribution in [0.3, 0.4) is 0 Å². The van der Waals surface area contributed by atoms with Gasteiger partial charge in [0.25, 0.3) is 0 Å². The van der Waals surface area contributed by atoms with Crippen molar-refractivity contribution in [3.63, 3.8) is 0 Å². The Morgan fingerprint density at radius 2 is 2.47 bits per heavy atom. The van der Waals surface area contributed by atoms with Gasteiger partial charge in [-0.15, -0.1) is 0 Å². The van der Waals surface area contributed by atoms with E-state index in [1.54, 1.807) is 17.8 Å². The second-order valence-corrected chi connectivity index (χ2v) is 4.37. The van der Waals surface area contributed by atoms with Gasteiger partial charge in [-0.2, -0.15) is 9.61 Å². The minimum Gasteiger partial charge on any atom is -0.481 e. The van der Waals surface area contributed by atoms with Crippen LogP contribution in [0.5, 0.6) is 5.88 Å². The molecule has 0 amide bonds. The Balaban J connectivity index is 2.03. The van der Waals surface area contributed by atoms with Crippen LogP contribution in [0.25, 0.3) is 5.65 Å². The van der Waals surface area contributed by atoms with Gasteiger partial charge in [0, 0.05) is 24.6 Å². The summed E-state index contributed by atoms with van der Waals surface area (Å²) in [5.74, 6) is 1.23. The van der Waals surface area contributed by atoms with E-state index in [1.807, 2.05) is 12.1 Å². The highest BCUT2D eigenvalue weighted by atomic mass is 16.5. The fourth-order valence-corrected chi connectivity index (χ4v) is 2.36. The van der Waals surface area contributed by atoms with Crippen molar-refractivity contribution in [3.05, 3.63) is 24.0 Å². The molecule has 0 spiro atoms. The maximum absolute atomic E-state index is 5.36. The molecule has 0 radical (unpaired) electrons. The van der Waals surface area contributed by atoms with Crippen molar-refractivity contribution >= 4 is 5.65 Å². The molecule has 5 heteroatoms. The van der Waals surface area contributed by atoms with Gasteiger partial charge in [0.05, 0.1) is 19.0 Å². The number of hydrogen-bond donors (Lipinski definition) is 1. The highest BCUT2D eigenvalue weighted by molar-refractivity contribution is 5.41. The molecule has 0 saturated carbocycles. The van der Waals surface area contributed by atoms with Crippen molar-refractivity contribution in [2.75, 3.05) is 20.2 Å². The quantitative estimate of drug-likeness (QED) is 0.845. The Morgan fingerprint density at radius 1 is 1.53 bits per heavy atom. The number of ether oxygens (including phenoxy) is 1. The van der Waals surface area contributed by atoms with Crippen LogP contribution in [-0.4, -0.2) is 34.8 Å². The van der Waals surface area contributed by atoms with Crippen LogP contribution in [-0.2, 0) is 0 Å². The molecular weight excluding hydrogens is 216 g/mol. The number of aromatic nitrogens is 3. The molecule has 1 saturated heterocycles. The number of nitrogens with one attached hydrogen (secondary N) is 1. The molecule has 1 fully saturated rings. The minimum absolute atomic E-state index is 0.484. The molecule has 2 aromatic heterocycles. The zero-order valence-electron chi connectivity index (χ0n) is 9.89. The molecule has 90 valence electrons. The molecule has 3 heterocycles. The lowest BCUT2D eigenvalue weighted by Crippen LogP contribution is -2.29. The highest BCUT2D eigenvalue weighted by Gasteiger charge is 2.18. The summed E-state index contributed by atoms with van der Waals surface area (Å²) in [6, 6.07) is 3.90. The number of fused-ring (bicyclic) bond motifs is 1. The van der Waals surface area contributed by atoms with E-state index >= 15 is 0 Å². The first kappa shape index (κ1) is 10.5. The van der Waals surface area contributed by atoms with E-state index in [0.717, 1.165) is 30.3 Å². The summed E-state index contributed by atoms with van der Waals surface area (Å²) in [5.41, 5.74) is 1.95. The third-order valence-corrected chi connectivity index (χ3v) is 3.27. The van der Waals surface area contributed by atoms with Gasteiger partial charge in [0.15, 0.2) is 5.65 Å². The van der Waals surface area contributed by atoms with Crippen molar-refractivity contribution in [1.82, 2.24) is 19.9 Å². The molecule has 5 nitrogen and oxygen atoms in total. The maximum Gasteiger partial charge on any atom is 0.217 e. The largest absolute Gasteiger partial charge is 0.481 e. The zero-order chi connectivity index (χ0) is 11.7. The second kappa shape index (κ2) is 4.33. The monoisotopic (exact) mass is 232 g/mol. The molecule has 3 rings (SSSR count). The number of hydrogen-bond acceptors (Lipinski definition) is 4. The summed E-state index contributed by atoms with van der Waals surface area (Å²) in [6.07, 6.45) is 4.14. The Morgan fingerprint density at radius 3 is 3.24 bits per heavy atom. The van der Waals surface area contributed by atoms with E-state index in [4.69, 9.17) is 4.74 Å². The predicted octanol–water partition coefficient (Wildman–Crippen LogP) is 1.20. The van der Waals surface area contributed by atoms with E-state index in [0.29, 0.717) is 5.92 Å². The van der Waals surface area contributed by atoms with Crippen molar-refractivity contribution < 1.29 is 4.74 Å². The van der Waals surface area contributed by atoms with E-state index < -0.39 is 0 Å².